The van der Waals surface area contributed by atoms with Crippen molar-refractivity contribution >= 4 is 38.6 Å². The van der Waals surface area contributed by atoms with Gasteiger partial charge in [-0.25, -0.2) is 4.98 Å². The summed E-state index contributed by atoms with van der Waals surface area (Å²) in [5.74, 6) is 0.160. The van der Waals surface area contributed by atoms with E-state index in [0.717, 1.165) is 15.4 Å². The molecular formula is C18H18BrN3O3. The summed E-state index contributed by atoms with van der Waals surface area (Å²) in [4.78, 5) is 16.7. The Morgan fingerprint density at radius 2 is 2.04 bits per heavy atom. The van der Waals surface area contributed by atoms with Gasteiger partial charge in [0.15, 0.2) is 0 Å². The van der Waals surface area contributed by atoms with Crippen molar-refractivity contribution in [3.63, 3.8) is 0 Å². The molecule has 3 N–H and O–H groups in total. The fraction of sp³-hybridized carbons (Fsp3) is 0.222. The lowest BCUT2D eigenvalue weighted by molar-refractivity contribution is -0.00229. The molecule has 25 heavy (non-hydrogen) atoms. The van der Waals surface area contributed by atoms with Gasteiger partial charge in [0.25, 0.3) is 5.91 Å². The largest absolute Gasteiger partial charge is 0.393 e. The number of amides is 1. The lowest BCUT2D eigenvalue weighted by atomic mass is 9.96. The fourth-order valence-electron chi connectivity index (χ4n) is 2.56. The van der Waals surface area contributed by atoms with Crippen LogP contribution in [-0.2, 0) is 12.6 Å². The molecule has 3 rings (SSSR count). The van der Waals surface area contributed by atoms with Gasteiger partial charge in [-0.2, -0.15) is 0 Å². The predicted molar refractivity (Wildman–Crippen MR) is 99.5 cm³/mol. The van der Waals surface area contributed by atoms with Gasteiger partial charge >= 0.3 is 0 Å². The topological polar surface area (TPSA) is 87.4 Å². The number of aryl methyl sites for hydroxylation is 1. The molecule has 0 saturated heterocycles. The molecule has 2 heterocycles. The summed E-state index contributed by atoms with van der Waals surface area (Å²) in [6.07, 6.45) is 3.64. The number of nitrogens with one attached hydrogen (secondary N) is 1. The third-order valence-electron chi connectivity index (χ3n) is 4.14. The first-order chi connectivity index (χ1) is 11.8. The van der Waals surface area contributed by atoms with Crippen molar-refractivity contribution in [1.82, 2.24) is 9.55 Å². The molecule has 0 saturated carbocycles. The predicted octanol–water partition coefficient (Wildman–Crippen LogP) is 2.79. The number of aliphatic hydroxyl groups is 2. The van der Waals surface area contributed by atoms with Crippen LogP contribution in [0.1, 0.15) is 22.8 Å². The standard InChI is InChI=1S/C18H18BrN3O3/c1-18(25,10-23)12-5-3-11(4-6-12)17(24)21-16-7-15-13(8-20-16)14(19)9-22(15)2/h3-9,23,25H,10H2,1-2H3,(H,20,21,24)/t18-/m0/s1. The Hall–Kier alpha value is -2.22. The van der Waals surface area contributed by atoms with E-state index >= 15 is 0 Å². The Labute approximate surface area is 153 Å². The minimum absolute atomic E-state index is 0.296. The lowest BCUT2D eigenvalue weighted by Crippen LogP contribution is -2.25. The van der Waals surface area contributed by atoms with Crippen LogP contribution >= 0.6 is 15.9 Å². The van der Waals surface area contributed by atoms with Crippen LogP contribution in [0.4, 0.5) is 5.82 Å². The van der Waals surface area contributed by atoms with Crippen molar-refractivity contribution in [1.29, 1.82) is 0 Å². The average molecular weight is 404 g/mol. The van der Waals surface area contributed by atoms with Gasteiger partial charge in [0.05, 0.1) is 12.1 Å². The van der Waals surface area contributed by atoms with Crippen molar-refractivity contribution in [3.05, 3.63) is 58.3 Å². The summed E-state index contributed by atoms with van der Waals surface area (Å²) < 4.78 is 2.89. The van der Waals surface area contributed by atoms with Crippen molar-refractivity contribution < 1.29 is 15.0 Å². The van der Waals surface area contributed by atoms with Gasteiger partial charge in [0, 0.05) is 40.9 Å². The van der Waals surface area contributed by atoms with Gasteiger partial charge in [-0.1, -0.05) is 12.1 Å². The van der Waals surface area contributed by atoms with Crippen molar-refractivity contribution in [2.45, 2.75) is 12.5 Å². The van der Waals surface area contributed by atoms with Crippen LogP contribution in [0, 0.1) is 0 Å². The number of nitrogens with zero attached hydrogens (tertiary/aromatic N) is 2. The van der Waals surface area contributed by atoms with Crippen LogP contribution in [0.3, 0.4) is 0 Å². The Kier molecular flexibility index (Phi) is 4.64. The minimum Gasteiger partial charge on any atom is -0.393 e. The molecule has 0 spiro atoms. The third kappa shape index (κ3) is 3.44. The molecule has 1 amide bonds. The van der Waals surface area contributed by atoms with Gasteiger partial charge in [-0.15, -0.1) is 0 Å². The van der Waals surface area contributed by atoms with E-state index < -0.39 is 12.2 Å². The lowest BCUT2D eigenvalue weighted by Gasteiger charge is -2.20. The number of aromatic nitrogens is 2. The summed E-state index contributed by atoms with van der Waals surface area (Å²) >= 11 is 3.47. The van der Waals surface area contributed by atoms with Crippen molar-refractivity contribution in [2.24, 2.45) is 7.05 Å². The minimum atomic E-state index is -1.33. The first kappa shape index (κ1) is 17.6. The molecule has 1 atom stereocenters. The second-order valence-electron chi connectivity index (χ2n) is 6.14. The van der Waals surface area contributed by atoms with Crippen LogP contribution in [-0.4, -0.2) is 32.3 Å². The second-order valence-corrected chi connectivity index (χ2v) is 6.99. The molecule has 0 aliphatic carbocycles. The highest BCUT2D eigenvalue weighted by atomic mass is 79.9. The molecule has 3 aromatic rings. The summed E-state index contributed by atoms with van der Waals surface area (Å²) in [5.41, 5.74) is 0.598. The van der Waals surface area contributed by atoms with E-state index in [1.54, 1.807) is 30.5 Å². The highest BCUT2D eigenvalue weighted by Crippen LogP contribution is 2.26. The smallest absolute Gasteiger partial charge is 0.256 e. The number of carbonyl (C=O) groups excluding carboxylic acids is 1. The van der Waals surface area contributed by atoms with E-state index in [4.69, 9.17) is 0 Å². The van der Waals surface area contributed by atoms with Gasteiger partial charge < -0.3 is 20.1 Å². The van der Waals surface area contributed by atoms with Crippen LogP contribution < -0.4 is 5.32 Å². The number of anilines is 1. The maximum atomic E-state index is 12.4. The second kappa shape index (κ2) is 6.59. The Balaban J connectivity index is 1.81. The monoisotopic (exact) mass is 403 g/mol. The highest BCUT2D eigenvalue weighted by molar-refractivity contribution is 9.10. The molecule has 1 aromatic carbocycles. The third-order valence-corrected chi connectivity index (χ3v) is 4.78. The number of fused-ring (bicyclic) bond motifs is 1. The number of halogens is 1. The summed E-state index contributed by atoms with van der Waals surface area (Å²) in [7, 11) is 1.92. The first-order valence-electron chi connectivity index (χ1n) is 7.67. The van der Waals surface area contributed by atoms with E-state index in [9.17, 15) is 15.0 Å². The zero-order valence-electron chi connectivity index (χ0n) is 13.8. The van der Waals surface area contributed by atoms with Gasteiger partial charge in [-0.3, -0.25) is 4.79 Å². The van der Waals surface area contributed by atoms with Crippen LogP contribution in [0.15, 0.2) is 47.2 Å². The number of carbonyl (C=O) groups is 1. The zero-order valence-corrected chi connectivity index (χ0v) is 15.4. The van der Waals surface area contributed by atoms with Crippen LogP contribution in [0.5, 0.6) is 0 Å². The number of benzene rings is 1. The molecule has 2 aromatic heterocycles. The number of hydrogen-bond donors (Lipinski definition) is 3. The molecule has 0 bridgehead atoms. The zero-order chi connectivity index (χ0) is 18.2. The molecule has 0 aliphatic heterocycles. The van der Waals surface area contributed by atoms with Crippen molar-refractivity contribution in [2.75, 3.05) is 11.9 Å². The number of aliphatic hydroxyl groups excluding tert-OH is 1. The van der Waals surface area contributed by atoms with Crippen LogP contribution in [0.2, 0.25) is 0 Å². The van der Waals surface area contributed by atoms with Gasteiger partial charge in [-0.05, 0) is 40.5 Å². The number of rotatable bonds is 4. The number of hydrogen-bond acceptors (Lipinski definition) is 4. The summed E-state index contributed by atoms with van der Waals surface area (Å²) in [5, 5.41) is 22.9. The fourth-order valence-corrected chi connectivity index (χ4v) is 3.17. The maximum absolute atomic E-state index is 12.4. The Bertz CT molecular complexity index is 933. The molecule has 0 aliphatic rings. The molecule has 0 unspecified atom stereocenters. The van der Waals surface area contributed by atoms with E-state index in [2.05, 4.69) is 26.2 Å². The van der Waals surface area contributed by atoms with E-state index in [1.807, 2.05) is 23.9 Å². The Morgan fingerprint density at radius 3 is 2.68 bits per heavy atom. The van der Waals surface area contributed by atoms with Gasteiger partial charge in [0.2, 0.25) is 0 Å². The average Bonchev–Trinajstić information content (AvgIpc) is 2.89. The summed E-state index contributed by atoms with van der Waals surface area (Å²) in [6.45, 7) is 1.12. The van der Waals surface area contributed by atoms with Crippen molar-refractivity contribution in [3.8, 4) is 0 Å². The number of pyridine rings is 1. The van der Waals surface area contributed by atoms with Crippen LogP contribution in [0.25, 0.3) is 10.9 Å². The van der Waals surface area contributed by atoms with E-state index in [-0.39, 0.29) is 5.91 Å². The maximum Gasteiger partial charge on any atom is 0.256 e. The molecule has 0 fully saturated rings. The molecule has 0 radical (unpaired) electrons. The summed E-state index contributed by atoms with van der Waals surface area (Å²) in [6, 6.07) is 8.26. The molecule has 130 valence electrons. The Morgan fingerprint density at radius 1 is 1.36 bits per heavy atom. The SMILES string of the molecule is Cn1cc(Br)c2cnc(NC(=O)c3ccc([C@@](C)(O)CO)cc3)cc21. The molecule has 6 nitrogen and oxygen atoms in total. The van der Waals surface area contributed by atoms with E-state index in [0.29, 0.717) is 16.9 Å². The quantitative estimate of drug-likeness (QED) is 0.624. The normalized spacial score (nSPS) is 13.6. The van der Waals surface area contributed by atoms with E-state index in [1.165, 1.54) is 6.92 Å². The first-order valence-corrected chi connectivity index (χ1v) is 8.47. The highest BCUT2D eigenvalue weighted by Gasteiger charge is 2.22. The molecule has 7 heteroatoms. The molecular weight excluding hydrogens is 386 g/mol. The van der Waals surface area contributed by atoms with Gasteiger partial charge in [0.1, 0.15) is 11.4 Å².